The summed E-state index contributed by atoms with van der Waals surface area (Å²) in [7, 11) is 1.55. The van der Waals surface area contributed by atoms with Crippen LogP contribution in [0.25, 0.3) is 0 Å². The Morgan fingerprint density at radius 2 is 1.61 bits per heavy atom. The van der Waals surface area contributed by atoms with Gasteiger partial charge in [0.25, 0.3) is 5.91 Å². The van der Waals surface area contributed by atoms with Crippen molar-refractivity contribution in [2.24, 2.45) is 5.16 Å². The summed E-state index contributed by atoms with van der Waals surface area (Å²) in [5.74, 6) is 0.153. The molecule has 7 heteroatoms. The monoisotopic (exact) mass is 313 g/mol. The van der Waals surface area contributed by atoms with Crippen LogP contribution in [0.5, 0.6) is 5.75 Å². The predicted molar refractivity (Wildman–Crippen MR) is 86.7 cm³/mol. The molecule has 0 aliphatic rings. The highest BCUT2D eigenvalue weighted by Gasteiger charge is 2.03. The molecule has 0 heterocycles. The van der Waals surface area contributed by atoms with Gasteiger partial charge in [-0.2, -0.15) is 0 Å². The van der Waals surface area contributed by atoms with E-state index in [0.29, 0.717) is 17.1 Å². The number of carbonyl (C=O) groups is 2. The predicted octanol–water partition coefficient (Wildman–Crippen LogP) is 2.87. The highest BCUT2D eigenvalue weighted by atomic mass is 16.7. The fourth-order valence-corrected chi connectivity index (χ4v) is 1.63. The van der Waals surface area contributed by atoms with Gasteiger partial charge in [0.2, 0.25) is 0 Å². The van der Waals surface area contributed by atoms with Gasteiger partial charge in [-0.15, -0.1) is 0 Å². The van der Waals surface area contributed by atoms with E-state index in [4.69, 9.17) is 4.74 Å². The van der Waals surface area contributed by atoms with Gasteiger partial charge in [0.1, 0.15) is 12.0 Å². The van der Waals surface area contributed by atoms with Gasteiger partial charge in [0.05, 0.1) is 7.11 Å². The summed E-state index contributed by atoms with van der Waals surface area (Å²) in [5.41, 5.74) is 1.13. The highest BCUT2D eigenvalue weighted by molar-refractivity contribution is 6.31. The minimum Gasteiger partial charge on any atom is -0.497 e. The van der Waals surface area contributed by atoms with E-state index in [9.17, 15) is 9.59 Å². The van der Waals surface area contributed by atoms with Crippen molar-refractivity contribution in [1.29, 1.82) is 0 Å². The van der Waals surface area contributed by atoms with Crippen LogP contribution in [0.3, 0.4) is 0 Å². The maximum atomic E-state index is 11.6. The van der Waals surface area contributed by atoms with E-state index < -0.39 is 12.0 Å². The van der Waals surface area contributed by atoms with Crippen molar-refractivity contribution in [3.63, 3.8) is 0 Å². The Morgan fingerprint density at radius 3 is 2.26 bits per heavy atom. The number of anilines is 2. The summed E-state index contributed by atoms with van der Waals surface area (Å²) >= 11 is 0. The van der Waals surface area contributed by atoms with E-state index in [1.54, 1.807) is 55.6 Å². The molecule has 2 N–H and O–H groups in total. The number of amides is 2. The molecule has 0 spiro atoms. The van der Waals surface area contributed by atoms with Crippen molar-refractivity contribution in [1.82, 2.24) is 0 Å². The van der Waals surface area contributed by atoms with Crippen molar-refractivity contribution < 1.29 is 19.2 Å². The van der Waals surface area contributed by atoms with Gasteiger partial charge in [0, 0.05) is 11.4 Å². The van der Waals surface area contributed by atoms with Gasteiger partial charge < -0.3 is 10.1 Å². The minimum absolute atomic E-state index is 0.525. The third-order valence-electron chi connectivity index (χ3n) is 2.68. The Bertz CT molecular complexity index is 684. The molecule has 0 saturated carbocycles. The summed E-state index contributed by atoms with van der Waals surface area (Å²) in [4.78, 5) is 27.6. The van der Waals surface area contributed by atoms with Crippen molar-refractivity contribution in [3.05, 3.63) is 54.6 Å². The molecule has 2 aromatic carbocycles. The molecule has 0 saturated heterocycles. The number of ether oxygens (including phenoxy) is 1. The Morgan fingerprint density at radius 1 is 0.957 bits per heavy atom. The van der Waals surface area contributed by atoms with Crippen LogP contribution in [-0.4, -0.2) is 25.3 Å². The number of carbonyl (C=O) groups excluding carboxylic acids is 2. The fourth-order valence-electron chi connectivity index (χ4n) is 1.63. The first-order valence-corrected chi connectivity index (χ1v) is 6.69. The van der Waals surface area contributed by atoms with Gasteiger partial charge in [0.15, 0.2) is 0 Å². The van der Waals surface area contributed by atoms with Crippen LogP contribution in [0.15, 0.2) is 59.8 Å². The van der Waals surface area contributed by atoms with E-state index in [2.05, 4.69) is 20.6 Å². The molecule has 0 aromatic heterocycles. The lowest BCUT2D eigenvalue weighted by Crippen LogP contribution is -2.15. The zero-order valence-corrected chi connectivity index (χ0v) is 12.4. The maximum absolute atomic E-state index is 11.6. The fraction of sp³-hybridized carbons (Fsp3) is 0.0625. The lowest BCUT2D eigenvalue weighted by Gasteiger charge is -2.03. The molecule has 7 nitrogen and oxygen atoms in total. The number of nitrogens with one attached hydrogen (secondary N) is 2. The van der Waals surface area contributed by atoms with Gasteiger partial charge in [-0.1, -0.05) is 23.4 Å². The van der Waals surface area contributed by atoms with E-state index in [1.807, 2.05) is 6.07 Å². The quantitative estimate of drug-likeness (QED) is 0.504. The molecule has 0 aliphatic carbocycles. The SMILES string of the molecule is COc1ccc(NC(=O)/C=N\OC(=O)Nc2ccccc2)cc1. The van der Waals surface area contributed by atoms with Crippen LogP contribution in [0.1, 0.15) is 0 Å². The van der Waals surface area contributed by atoms with Crippen LogP contribution >= 0.6 is 0 Å². The molecular formula is C16H15N3O4. The Labute approximate surface area is 132 Å². The number of rotatable bonds is 5. The third-order valence-corrected chi connectivity index (χ3v) is 2.68. The average Bonchev–Trinajstić information content (AvgIpc) is 2.56. The number of oxime groups is 1. The molecule has 0 fully saturated rings. The number of hydrogen-bond acceptors (Lipinski definition) is 5. The lowest BCUT2D eigenvalue weighted by atomic mass is 10.3. The minimum atomic E-state index is -0.787. The third kappa shape index (κ3) is 5.50. The number of methoxy groups -OCH3 is 1. The molecule has 2 aromatic rings. The van der Waals surface area contributed by atoms with Crippen LogP contribution in [0, 0.1) is 0 Å². The number of hydrogen-bond donors (Lipinski definition) is 2. The molecular weight excluding hydrogens is 298 g/mol. The van der Waals surface area contributed by atoms with E-state index in [-0.39, 0.29) is 0 Å². The summed E-state index contributed by atoms with van der Waals surface area (Å²) in [6, 6.07) is 15.5. The second-order valence-electron chi connectivity index (χ2n) is 4.32. The average molecular weight is 313 g/mol. The Balaban J connectivity index is 1.78. The Hall–Kier alpha value is -3.35. The topological polar surface area (TPSA) is 89.0 Å². The molecule has 118 valence electrons. The molecule has 0 unspecified atom stereocenters. The molecule has 2 amide bonds. The first-order valence-electron chi connectivity index (χ1n) is 6.69. The summed E-state index contributed by atoms with van der Waals surface area (Å²) in [5, 5.41) is 8.34. The van der Waals surface area contributed by atoms with E-state index in [1.165, 1.54) is 0 Å². The lowest BCUT2D eigenvalue weighted by molar-refractivity contribution is -0.110. The molecule has 23 heavy (non-hydrogen) atoms. The van der Waals surface area contributed by atoms with E-state index >= 15 is 0 Å². The van der Waals surface area contributed by atoms with Crippen LogP contribution in [0.2, 0.25) is 0 Å². The summed E-state index contributed by atoms with van der Waals surface area (Å²) in [6.07, 6.45) is 0.0825. The second-order valence-corrected chi connectivity index (χ2v) is 4.32. The van der Waals surface area contributed by atoms with Gasteiger partial charge >= 0.3 is 6.09 Å². The summed E-state index contributed by atoms with van der Waals surface area (Å²) in [6.45, 7) is 0. The number of benzene rings is 2. The van der Waals surface area contributed by atoms with Crippen molar-refractivity contribution in [2.75, 3.05) is 17.7 Å². The van der Waals surface area contributed by atoms with Gasteiger partial charge in [-0.3, -0.25) is 14.9 Å². The van der Waals surface area contributed by atoms with Gasteiger partial charge in [-0.05, 0) is 36.4 Å². The van der Waals surface area contributed by atoms with Crippen molar-refractivity contribution in [2.45, 2.75) is 0 Å². The van der Waals surface area contributed by atoms with Gasteiger partial charge in [-0.25, -0.2) is 4.79 Å². The molecule has 0 aliphatic heterocycles. The van der Waals surface area contributed by atoms with Crippen LogP contribution in [0.4, 0.5) is 16.2 Å². The maximum Gasteiger partial charge on any atom is 0.437 e. The van der Waals surface area contributed by atoms with Crippen molar-refractivity contribution in [3.8, 4) is 5.75 Å². The van der Waals surface area contributed by atoms with E-state index in [0.717, 1.165) is 6.21 Å². The zero-order valence-electron chi connectivity index (χ0n) is 12.4. The number of para-hydroxylation sites is 1. The molecule has 2 rings (SSSR count). The zero-order chi connectivity index (χ0) is 16.5. The first kappa shape index (κ1) is 16.0. The largest absolute Gasteiger partial charge is 0.497 e. The Kier molecular flexibility index (Phi) is 5.70. The smallest absolute Gasteiger partial charge is 0.437 e. The normalized spacial score (nSPS) is 10.1. The molecule has 0 atom stereocenters. The van der Waals surface area contributed by atoms with Crippen LogP contribution < -0.4 is 15.4 Å². The molecule has 0 bridgehead atoms. The first-order chi connectivity index (χ1) is 11.2. The second kappa shape index (κ2) is 8.18. The highest BCUT2D eigenvalue weighted by Crippen LogP contribution is 2.14. The molecule has 0 radical (unpaired) electrons. The number of nitrogens with zero attached hydrogens (tertiary/aromatic N) is 1. The van der Waals surface area contributed by atoms with Crippen LogP contribution in [-0.2, 0) is 9.63 Å². The standard InChI is InChI=1S/C16H15N3O4/c1-22-14-9-7-13(8-10-14)18-15(20)11-17-23-16(21)19-12-5-3-2-4-6-12/h2-11H,1H3,(H,18,20)(H,19,21)/b17-11-. The van der Waals surface area contributed by atoms with Crippen molar-refractivity contribution >= 4 is 29.6 Å². The summed E-state index contributed by atoms with van der Waals surface area (Å²) < 4.78 is 5.01.